The lowest BCUT2D eigenvalue weighted by atomic mass is 10.0. The second-order valence-electron chi connectivity index (χ2n) is 7.49. The molecule has 1 heterocycles. The molecule has 0 saturated carbocycles. The van der Waals surface area contributed by atoms with Gasteiger partial charge in [-0.15, -0.1) is 0 Å². The van der Waals surface area contributed by atoms with E-state index in [-0.39, 0.29) is 12.4 Å². The lowest BCUT2D eigenvalue weighted by Crippen LogP contribution is -2.42. The largest absolute Gasteiger partial charge is 0.445 e. The molecule has 0 aliphatic heterocycles. The number of rotatable bonds is 8. The number of alkyl carbamates (subject to hydrolysis) is 1. The number of benzene rings is 2. The number of esters is 1. The first-order valence-electron chi connectivity index (χ1n) is 10.7. The molecule has 1 atom stereocenters. The summed E-state index contributed by atoms with van der Waals surface area (Å²) in [5.74, 6) is -0.351. The molecule has 0 aliphatic carbocycles. The van der Waals surface area contributed by atoms with E-state index in [1.54, 1.807) is 26.0 Å². The standard InChI is InChI=1S/C25H27NO6/c1-4-9-18-14-22(27)32-23-16(3)21(13-12-19(18)23)31-24(28)20(5-2)26-25(29)30-15-17-10-7-6-8-11-17/h6-8,10-14,20H,4-5,9,15H2,1-3H3,(H,26,29). The number of amides is 1. The summed E-state index contributed by atoms with van der Waals surface area (Å²) in [6, 6.07) is 13.3. The molecule has 3 rings (SSSR count). The summed E-state index contributed by atoms with van der Waals surface area (Å²) in [5, 5.41) is 3.36. The number of hydrogen-bond acceptors (Lipinski definition) is 6. The molecule has 1 N–H and O–H groups in total. The first-order valence-corrected chi connectivity index (χ1v) is 10.7. The van der Waals surface area contributed by atoms with Gasteiger partial charge in [-0.1, -0.05) is 50.6 Å². The highest BCUT2D eigenvalue weighted by atomic mass is 16.6. The fraction of sp³-hybridized carbons (Fsp3) is 0.320. The van der Waals surface area contributed by atoms with Crippen LogP contribution < -0.4 is 15.7 Å². The van der Waals surface area contributed by atoms with Gasteiger partial charge in [-0.3, -0.25) is 0 Å². The average Bonchev–Trinajstić information content (AvgIpc) is 2.79. The molecule has 1 aromatic heterocycles. The number of carbonyl (C=O) groups excluding carboxylic acids is 2. The number of hydrogen-bond donors (Lipinski definition) is 1. The maximum Gasteiger partial charge on any atom is 0.408 e. The van der Waals surface area contributed by atoms with Gasteiger partial charge < -0.3 is 19.2 Å². The van der Waals surface area contributed by atoms with Crippen LogP contribution in [0.25, 0.3) is 11.0 Å². The Morgan fingerprint density at radius 3 is 2.53 bits per heavy atom. The Morgan fingerprint density at radius 1 is 1.09 bits per heavy atom. The summed E-state index contributed by atoms with van der Waals surface area (Å²) in [6.07, 6.45) is 1.25. The molecule has 7 heteroatoms. The van der Waals surface area contributed by atoms with Crippen molar-refractivity contribution >= 4 is 23.0 Å². The molecule has 0 radical (unpaired) electrons. The van der Waals surface area contributed by atoms with E-state index in [1.807, 2.05) is 37.3 Å². The van der Waals surface area contributed by atoms with Crippen LogP contribution in [0, 0.1) is 6.92 Å². The van der Waals surface area contributed by atoms with Crippen molar-refractivity contribution < 1.29 is 23.5 Å². The lowest BCUT2D eigenvalue weighted by Gasteiger charge is -2.17. The maximum atomic E-state index is 12.7. The topological polar surface area (TPSA) is 94.8 Å². The van der Waals surface area contributed by atoms with E-state index in [0.29, 0.717) is 17.6 Å². The smallest absolute Gasteiger partial charge is 0.408 e. The van der Waals surface area contributed by atoms with E-state index < -0.39 is 23.7 Å². The first-order chi connectivity index (χ1) is 15.4. The molecule has 0 bridgehead atoms. The number of aryl methyl sites for hydroxylation is 2. The Kier molecular flexibility index (Phi) is 7.65. The predicted molar refractivity (Wildman–Crippen MR) is 121 cm³/mol. The number of carbonyl (C=O) groups is 2. The van der Waals surface area contributed by atoms with Gasteiger partial charge in [0.1, 0.15) is 24.0 Å². The highest BCUT2D eigenvalue weighted by Crippen LogP contribution is 2.29. The number of nitrogens with one attached hydrogen (secondary N) is 1. The molecular formula is C25H27NO6. The van der Waals surface area contributed by atoms with Crippen molar-refractivity contribution in [3.8, 4) is 5.75 Å². The Hall–Kier alpha value is -3.61. The molecule has 32 heavy (non-hydrogen) atoms. The van der Waals surface area contributed by atoms with Crippen molar-refractivity contribution in [3.63, 3.8) is 0 Å². The summed E-state index contributed by atoms with van der Waals surface area (Å²) in [5.41, 5.74) is 2.24. The molecular weight excluding hydrogens is 410 g/mol. The SMILES string of the molecule is CCCc1cc(=O)oc2c(C)c(OC(=O)C(CC)NC(=O)OCc3ccccc3)ccc12. The fourth-order valence-electron chi connectivity index (χ4n) is 3.41. The molecule has 0 spiro atoms. The van der Waals surface area contributed by atoms with E-state index in [2.05, 4.69) is 5.32 Å². The Bertz CT molecular complexity index is 1150. The van der Waals surface area contributed by atoms with Crippen LogP contribution in [0.2, 0.25) is 0 Å². The highest BCUT2D eigenvalue weighted by Gasteiger charge is 2.23. The zero-order chi connectivity index (χ0) is 23.1. The average molecular weight is 437 g/mol. The summed E-state index contributed by atoms with van der Waals surface area (Å²) in [7, 11) is 0. The van der Waals surface area contributed by atoms with Crippen LogP contribution in [0.1, 0.15) is 43.4 Å². The third kappa shape index (κ3) is 5.55. The molecule has 168 valence electrons. The highest BCUT2D eigenvalue weighted by molar-refractivity contribution is 5.87. The molecule has 0 saturated heterocycles. The maximum absolute atomic E-state index is 12.7. The van der Waals surface area contributed by atoms with Gasteiger partial charge in [0.15, 0.2) is 0 Å². The van der Waals surface area contributed by atoms with Crippen LogP contribution in [0.15, 0.2) is 57.7 Å². The molecule has 0 fully saturated rings. The second-order valence-corrected chi connectivity index (χ2v) is 7.49. The van der Waals surface area contributed by atoms with E-state index >= 15 is 0 Å². The van der Waals surface area contributed by atoms with E-state index in [0.717, 1.165) is 29.4 Å². The van der Waals surface area contributed by atoms with Crippen molar-refractivity contribution in [2.24, 2.45) is 0 Å². The van der Waals surface area contributed by atoms with Gasteiger partial charge in [-0.05, 0) is 43.0 Å². The van der Waals surface area contributed by atoms with Crippen molar-refractivity contribution in [2.45, 2.75) is 52.7 Å². The van der Waals surface area contributed by atoms with Crippen LogP contribution >= 0.6 is 0 Å². The van der Waals surface area contributed by atoms with Gasteiger partial charge in [0, 0.05) is 17.0 Å². The van der Waals surface area contributed by atoms with Crippen LogP contribution in [-0.4, -0.2) is 18.1 Å². The van der Waals surface area contributed by atoms with Gasteiger partial charge in [0.2, 0.25) is 0 Å². The third-order valence-corrected chi connectivity index (χ3v) is 5.12. The Morgan fingerprint density at radius 2 is 1.84 bits per heavy atom. The molecule has 1 unspecified atom stereocenters. The van der Waals surface area contributed by atoms with Crippen LogP contribution in [0.3, 0.4) is 0 Å². The zero-order valence-electron chi connectivity index (χ0n) is 18.5. The molecule has 7 nitrogen and oxygen atoms in total. The van der Waals surface area contributed by atoms with Crippen molar-refractivity contribution in [1.82, 2.24) is 5.32 Å². The zero-order valence-corrected chi connectivity index (χ0v) is 18.5. The van der Waals surface area contributed by atoms with Crippen molar-refractivity contribution in [2.75, 3.05) is 0 Å². The summed E-state index contributed by atoms with van der Waals surface area (Å²) >= 11 is 0. The van der Waals surface area contributed by atoms with Gasteiger partial charge in [-0.2, -0.15) is 0 Å². The third-order valence-electron chi connectivity index (χ3n) is 5.12. The lowest BCUT2D eigenvalue weighted by molar-refractivity contribution is -0.136. The van der Waals surface area contributed by atoms with Gasteiger partial charge in [0.05, 0.1) is 0 Å². The summed E-state index contributed by atoms with van der Waals surface area (Å²) in [4.78, 5) is 36.8. The Balaban J connectivity index is 1.71. The fourth-order valence-corrected chi connectivity index (χ4v) is 3.41. The minimum atomic E-state index is -0.883. The van der Waals surface area contributed by atoms with E-state index in [4.69, 9.17) is 13.9 Å². The number of ether oxygens (including phenoxy) is 2. The second kappa shape index (κ2) is 10.6. The van der Waals surface area contributed by atoms with Gasteiger partial charge in [0.25, 0.3) is 0 Å². The Labute approximate surface area is 186 Å². The summed E-state index contributed by atoms with van der Waals surface area (Å²) < 4.78 is 16.1. The summed E-state index contributed by atoms with van der Waals surface area (Å²) in [6.45, 7) is 5.62. The quantitative estimate of drug-likeness (QED) is 0.313. The molecule has 1 amide bonds. The van der Waals surface area contributed by atoms with E-state index in [9.17, 15) is 14.4 Å². The minimum absolute atomic E-state index is 0.0983. The number of fused-ring (bicyclic) bond motifs is 1. The first kappa shape index (κ1) is 23.1. The van der Waals surface area contributed by atoms with Crippen LogP contribution in [0.5, 0.6) is 5.75 Å². The monoisotopic (exact) mass is 437 g/mol. The van der Waals surface area contributed by atoms with E-state index in [1.165, 1.54) is 6.07 Å². The molecule has 3 aromatic rings. The van der Waals surface area contributed by atoms with Crippen molar-refractivity contribution in [3.05, 3.63) is 75.6 Å². The van der Waals surface area contributed by atoms with Crippen LogP contribution in [0.4, 0.5) is 4.79 Å². The molecule has 2 aromatic carbocycles. The minimum Gasteiger partial charge on any atom is -0.445 e. The van der Waals surface area contributed by atoms with Crippen molar-refractivity contribution in [1.29, 1.82) is 0 Å². The van der Waals surface area contributed by atoms with Gasteiger partial charge >= 0.3 is 17.7 Å². The predicted octanol–water partition coefficient (Wildman–Crippen LogP) is 4.66. The van der Waals surface area contributed by atoms with Gasteiger partial charge in [-0.25, -0.2) is 14.4 Å². The normalized spacial score (nSPS) is 11.7. The molecule has 0 aliphatic rings. The van der Waals surface area contributed by atoms with Crippen LogP contribution in [-0.2, 0) is 22.6 Å².